The minimum atomic E-state index is -3.54. The molecule has 4 rings (SSSR count). The highest BCUT2D eigenvalue weighted by Gasteiger charge is 2.33. The van der Waals surface area contributed by atoms with Gasteiger partial charge in [-0.25, -0.2) is 13.4 Å². The summed E-state index contributed by atoms with van der Waals surface area (Å²) in [6, 6.07) is 6.90. The molecule has 0 bridgehead atoms. The summed E-state index contributed by atoms with van der Waals surface area (Å²) < 4.78 is 33.1. The Kier molecular flexibility index (Phi) is 4.71. The van der Waals surface area contributed by atoms with Crippen molar-refractivity contribution >= 4 is 10.0 Å². The molecule has 0 N–H and O–H groups in total. The Morgan fingerprint density at radius 3 is 2.70 bits per heavy atom. The van der Waals surface area contributed by atoms with Crippen LogP contribution in [0.4, 0.5) is 0 Å². The van der Waals surface area contributed by atoms with Crippen molar-refractivity contribution < 1.29 is 12.8 Å². The summed E-state index contributed by atoms with van der Waals surface area (Å²) in [5, 5.41) is 8.14. The number of sulfonamides is 1. The third-order valence-corrected chi connectivity index (χ3v) is 6.49. The van der Waals surface area contributed by atoms with Crippen LogP contribution in [-0.4, -0.2) is 46.0 Å². The molecule has 27 heavy (non-hydrogen) atoms. The second-order valence-electron chi connectivity index (χ2n) is 6.55. The second kappa shape index (κ2) is 7.16. The van der Waals surface area contributed by atoms with Gasteiger partial charge in [-0.3, -0.25) is 4.98 Å². The van der Waals surface area contributed by atoms with Gasteiger partial charge in [-0.05, 0) is 31.9 Å². The number of piperidine rings is 1. The van der Waals surface area contributed by atoms with E-state index in [1.165, 1.54) is 4.31 Å². The molecule has 1 unspecified atom stereocenters. The van der Waals surface area contributed by atoms with Crippen molar-refractivity contribution in [1.82, 2.24) is 24.5 Å². The Morgan fingerprint density at radius 1 is 1.15 bits per heavy atom. The molecule has 3 heterocycles. The molecule has 0 saturated carbocycles. The predicted molar refractivity (Wildman–Crippen MR) is 97.2 cm³/mol. The van der Waals surface area contributed by atoms with Crippen molar-refractivity contribution in [3.63, 3.8) is 0 Å². The first-order valence-electron chi connectivity index (χ1n) is 8.70. The first kappa shape index (κ1) is 17.7. The molecule has 0 spiro atoms. The second-order valence-corrected chi connectivity index (χ2v) is 8.49. The highest BCUT2D eigenvalue weighted by atomic mass is 32.2. The number of benzene rings is 1. The van der Waals surface area contributed by atoms with Gasteiger partial charge in [0, 0.05) is 25.5 Å². The molecule has 140 valence electrons. The van der Waals surface area contributed by atoms with Crippen LogP contribution in [0.25, 0.3) is 11.6 Å². The Labute approximate surface area is 157 Å². The van der Waals surface area contributed by atoms with E-state index in [1.54, 1.807) is 42.9 Å². The van der Waals surface area contributed by atoms with Gasteiger partial charge in [0.2, 0.25) is 15.9 Å². The summed E-state index contributed by atoms with van der Waals surface area (Å²) in [6.07, 6.45) is 6.19. The Hall–Kier alpha value is -2.65. The molecule has 8 nitrogen and oxygen atoms in total. The zero-order valence-corrected chi connectivity index (χ0v) is 15.6. The van der Waals surface area contributed by atoms with E-state index in [2.05, 4.69) is 20.2 Å². The maximum atomic E-state index is 12.9. The number of hydrogen-bond donors (Lipinski definition) is 0. The lowest BCUT2D eigenvalue weighted by Crippen LogP contribution is -2.39. The maximum absolute atomic E-state index is 12.9. The Bertz CT molecular complexity index is 1020. The van der Waals surface area contributed by atoms with Gasteiger partial charge in [-0.2, -0.15) is 4.31 Å². The Balaban J connectivity index is 1.55. The van der Waals surface area contributed by atoms with Crippen LogP contribution in [0.1, 0.15) is 30.2 Å². The van der Waals surface area contributed by atoms with E-state index >= 15 is 0 Å². The number of nitrogens with zero attached hydrogens (tertiary/aromatic N) is 5. The van der Waals surface area contributed by atoms with E-state index in [1.807, 2.05) is 6.92 Å². The van der Waals surface area contributed by atoms with Crippen LogP contribution in [0.15, 0.2) is 52.2 Å². The van der Waals surface area contributed by atoms with E-state index in [9.17, 15) is 8.42 Å². The lowest BCUT2D eigenvalue weighted by atomic mass is 10.00. The average molecular weight is 385 g/mol. The lowest BCUT2D eigenvalue weighted by Gasteiger charge is -2.30. The highest BCUT2D eigenvalue weighted by molar-refractivity contribution is 7.89. The third-order valence-electron chi connectivity index (χ3n) is 4.62. The van der Waals surface area contributed by atoms with Gasteiger partial charge in [0.15, 0.2) is 0 Å². The summed E-state index contributed by atoms with van der Waals surface area (Å²) >= 11 is 0. The topological polar surface area (TPSA) is 102 Å². The monoisotopic (exact) mass is 385 g/mol. The van der Waals surface area contributed by atoms with E-state index < -0.39 is 10.0 Å². The molecule has 0 radical (unpaired) electrons. The van der Waals surface area contributed by atoms with E-state index in [0.717, 1.165) is 18.4 Å². The summed E-state index contributed by atoms with van der Waals surface area (Å²) in [4.78, 5) is 8.44. The summed E-state index contributed by atoms with van der Waals surface area (Å²) in [6.45, 7) is 2.73. The van der Waals surface area contributed by atoms with Gasteiger partial charge in [-0.1, -0.05) is 17.7 Å². The van der Waals surface area contributed by atoms with E-state index in [4.69, 9.17) is 4.42 Å². The fourth-order valence-corrected chi connectivity index (χ4v) is 4.66. The van der Waals surface area contributed by atoms with Crippen molar-refractivity contribution in [2.45, 2.75) is 30.6 Å². The summed E-state index contributed by atoms with van der Waals surface area (Å²) in [7, 11) is -3.54. The van der Waals surface area contributed by atoms with Crippen molar-refractivity contribution in [3.05, 3.63) is 54.3 Å². The first-order chi connectivity index (χ1) is 13.0. The van der Waals surface area contributed by atoms with Crippen LogP contribution in [0.3, 0.4) is 0 Å². The molecule has 0 aliphatic carbocycles. The number of aryl methyl sites for hydroxylation is 1. The standard InChI is InChI=1S/C18H19N5O3S/c1-13-4-6-15(7-5-13)27(24,25)23-10-2-3-14(12-23)17-21-22-18(26-17)16-11-19-8-9-20-16/h4-9,11,14H,2-3,10,12H2,1H3. The molecule has 3 aromatic rings. The quantitative estimate of drug-likeness (QED) is 0.679. The normalized spacial score (nSPS) is 18.5. The molecular formula is C18H19N5O3S. The smallest absolute Gasteiger partial charge is 0.267 e. The molecule has 0 amide bonds. The van der Waals surface area contributed by atoms with Crippen LogP contribution in [0, 0.1) is 6.92 Å². The molecule has 1 saturated heterocycles. The van der Waals surface area contributed by atoms with Gasteiger partial charge in [-0.15, -0.1) is 10.2 Å². The number of aromatic nitrogens is 4. The minimum Gasteiger partial charge on any atom is -0.419 e. The molecular weight excluding hydrogens is 366 g/mol. The predicted octanol–water partition coefficient (Wildman–Crippen LogP) is 2.40. The number of rotatable bonds is 4. The maximum Gasteiger partial charge on any atom is 0.267 e. The van der Waals surface area contributed by atoms with Gasteiger partial charge in [0.1, 0.15) is 5.69 Å². The molecule has 1 fully saturated rings. The van der Waals surface area contributed by atoms with Crippen molar-refractivity contribution in [2.24, 2.45) is 0 Å². The van der Waals surface area contributed by atoms with Gasteiger partial charge < -0.3 is 4.42 Å². The average Bonchev–Trinajstić information content (AvgIpc) is 3.19. The van der Waals surface area contributed by atoms with Crippen LogP contribution >= 0.6 is 0 Å². The summed E-state index contributed by atoms with van der Waals surface area (Å²) in [5.41, 5.74) is 1.52. The zero-order valence-electron chi connectivity index (χ0n) is 14.8. The molecule has 1 atom stereocenters. The van der Waals surface area contributed by atoms with E-state index in [0.29, 0.717) is 29.6 Å². The minimum absolute atomic E-state index is 0.142. The van der Waals surface area contributed by atoms with Crippen molar-refractivity contribution in [2.75, 3.05) is 13.1 Å². The Morgan fingerprint density at radius 2 is 1.96 bits per heavy atom. The summed E-state index contributed by atoms with van der Waals surface area (Å²) in [5.74, 6) is 0.577. The van der Waals surface area contributed by atoms with Gasteiger partial charge in [0.25, 0.3) is 5.89 Å². The molecule has 1 aliphatic rings. The largest absolute Gasteiger partial charge is 0.419 e. The highest BCUT2D eigenvalue weighted by Crippen LogP contribution is 2.30. The fraction of sp³-hybridized carbons (Fsp3) is 0.333. The first-order valence-corrected chi connectivity index (χ1v) is 10.1. The van der Waals surface area contributed by atoms with Crippen molar-refractivity contribution in [1.29, 1.82) is 0 Å². The van der Waals surface area contributed by atoms with Crippen LogP contribution < -0.4 is 0 Å². The number of hydrogen-bond acceptors (Lipinski definition) is 7. The van der Waals surface area contributed by atoms with Gasteiger partial charge >= 0.3 is 0 Å². The van der Waals surface area contributed by atoms with Crippen LogP contribution in [-0.2, 0) is 10.0 Å². The van der Waals surface area contributed by atoms with Gasteiger partial charge in [0.05, 0.1) is 17.0 Å². The van der Waals surface area contributed by atoms with Crippen molar-refractivity contribution in [3.8, 4) is 11.6 Å². The van der Waals surface area contributed by atoms with Crippen LogP contribution in [0.5, 0.6) is 0 Å². The van der Waals surface area contributed by atoms with E-state index in [-0.39, 0.29) is 11.8 Å². The SMILES string of the molecule is Cc1ccc(S(=O)(=O)N2CCCC(c3nnc(-c4cnccn4)o3)C2)cc1. The molecule has 1 aromatic carbocycles. The fourth-order valence-electron chi connectivity index (χ4n) is 3.13. The third kappa shape index (κ3) is 3.60. The molecule has 9 heteroatoms. The molecule has 2 aromatic heterocycles. The lowest BCUT2D eigenvalue weighted by molar-refractivity contribution is 0.286. The zero-order chi connectivity index (χ0) is 18.9. The van der Waals surface area contributed by atoms with Crippen LogP contribution in [0.2, 0.25) is 0 Å². The molecule has 1 aliphatic heterocycles.